The van der Waals surface area contributed by atoms with Crippen molar-refractivity contribution in [2.24, 2.45) is 0 Å². The zero-order chi connectivity index (χ0) is 21.3. The van der Waals surface area contributed by atoms with Crippen LogP contribution in [0.3, 0.4) is 0 Å². The number of hydrogen-bond donors (Lipinski definition) is 2. The smallest absolute Gasteiger partial charge is 0.335 e. The van der Waals surface area contributed by atoms with Crippen LogP contribution in [-0.4, -0.2) is 54.3 Å². The highest BCUT2D eigenvalue weighted by Gasteiger charge is 2.34. The van der Waals surface area contributed by atoms with E-state index in [0.29, 0.717) is 43.6 Å². The zero-order valence-corrected chi connectivity index (χ0v) is 16.5. The lowest BCUT2D eigenvalue weighted by molar-refractivity contribution is -0.122. The molecule has 2 aliphatic rings. The number of benzene rings is 1. The summed E-state index contributed by atoms with van der Waals surface area (Å²) in [5.41, 5.74) is 0.267. The maximum absolute atomic E-state index is 13.0. The Morgan fingerprint density at radius 1 is 1.10 bits per heavy atom. The summed E-state index contributed by atoms with van der Waals surface area (Å²) in [6.45, 7) is 2.59. The quantitative estimate of drug-likeness (QED) is 0.430. The number of morpholine rings is 1. The second-order valence-corrected chi connectivity index (χ2v) is 6.97. The second kappa shape index (κ2) is 8.09. The van der Waals surface area contributed by atoms with E-state index < -0.39 is 17.8 Å². The molecule has 2 aromatic rings. The van der Waals surface area contributed by atoms with Gasteiger partial charge in [0.15, 0.2) is 11.0 Å². The maximum atomic E-state index is 13.0. The molecule has 9 nitrogen and oxygen atoms in total. The Labute approximate surface area is 176 Å². The molecular weight excluding hydrogens is 410 g/mol. The van der Waals surface area contributed by atoms with Crippen LogP contribution < -0.4 is 15.1 Å². The molecule has 30 heavy (non-hydrogen) atoms. The number of thiocarbonyl (C=S) groups is 1. The predicted molar refractivity (Wildman–Crippen MR) is 111 cm³/mol. The van der Waals surface area contributed by atoms with Gasteiger partial charge in [-0.15, -0.1) is 0 Å². The Morgan fingerprint density at radius 2 is 1.80 bits per heavy atom. The molecule has 0 bridgehead atoms. The Kier molecular flexibility index (Phi) is 5.34. The summed E-state index contributed by atoms with van der Waals surface area (Å²) in [4.78, 5) is 39.6. The number of aromatic carboxylic acids is 1. The van der Waals surface area contributed by atoms with Crippen LogP contribution >= 0.6 is 12.2 Å². The minimum absolute atomic E-state index is 0.0696. The molecule has 1 aromatic heterocycles. The highest BCUT2D eigenvalue weighted by Crippen LogP contribution is 2.25. The molecule has 0 saturated carbocycles. The molecule has 0 aliphatic carbocycles. The summed E-state index contributed by atoms with van der Waals surface area (Å²) in [5.74, 6) is -1.37. The first-order chi connectivity index (χ1) is 14.4. The van der Waals surface area contributed by atoms with Crippen molar-refractivity contribution in [2.45, 2.75) is 0 Å². The highest BCUT2D eigenvalue weighted by atomic mass is 32.1. The van der Waals surface area contributed by atoms with Gasteiger partial charge in [0, 0.05) is 19.2 Å². The van der Waals surface area contributed by atoms with Gasteiger partial charge in [-0.2, -0.15) is 0 Å². The van der Waals surface area contributed by atoms with E-state index in [1.807, 2.05) is 4.90 Å². The molecule has 2 aliphatic heterocycles. The van der Waals surface area contributed by atoms with E-state index in [9.17, 15) is 14.4 Å². The van der Waals surface area contributed by atoms with Crippen molar-refractivity contribution in [2.75, 3.05) is 36.1 Å². The second-order valence-electron chi connectivity index (χ2n) is 6.59. The van der Waals surface area contributed by atoms with Crippen LogP contribution in [0, 0.1) is 0 Å². The third-order valence-corrected chi connectivity index (χ3v) is 4.98. The van der Waals surface area contributed by atoms with Gasteiger partial charge < -0.3 is 19.2 Å². The van der Waals surface area contributed by atoms with E-state index in [4.69, 9.17) is 26.5 Å². The number of nitrogens with one attached hydrogen (secondary N) is 1. The molecule has 2 fully saturated rings. The summed E-state index contributed by atoms with van der Waals surface area (Å²) in [5, 5.41) is 11.4. The first-order valence-electron chi connectivity index (χ1n) is 9.11. The fourth-order valence-corrected chi connectivity index (χ4v) is 3.44. The van der Waals surface area contributed by atoms with Crippen molar-refractivity contribution >= 4 is 52.8 Å². The van der Waals surface area contributed by atoms with Crippen molar-refractivity contribution < 1.29 is 28.6 Å². The summed E-state index contributed by atoms with van der Waals surface area (Å²) in [7, 11) is 0. The number of carboxylic acids is 1. The monoisotopic (exact) mass is 427 g/mol. The summed E-state index contributed by atoms with van der Waals surface area (Å²) in [6.07, 6.45) is 1.36. The lowest BCUT2D eigenvalue weighted by Crippen LogP contribution is -2.54. The van der Waals surface area contributed by atoms with Gasteiger partial charge >= 0.3 is 5.97 Å². The lowest BCUT2D eigenvalue weighted by Gasteiger charge is -2.28. The number of furan rings is 1. The van der Waals surface area contributed by atoms with Gasteiger partial charge in [0.2, 0.25) is 0 Å². The zero-order valence-electron chi connectivity index (χ0n) is 15.7. The molecule has 2 N–H and O–H groups in total. The Hall–Kier alpha value is -3.50. The van der Waals surface area contributed by atoms with Gasteiger partial charge in [-0.1, -0.05) is 0 Å². The minimum Gasteiger partial charge on any atom is -0.478 e. The number of rotatable bonds is 4. The molecule has 4 rings (SSSR count). The Morgan fingerprint density at radius 3 is 2.47 bits per heavy atom. The third kappa shape index (κ3) is 3.82. The Bertz CT molecular complexity index is 1050. The van der Waals surface area contributed by atoms with Gasteiger partial charge in [-0.25, -0.2) is 4.79 Å². The number of carboxylic acid groups (broad SMARTS) is 1. The van der Waals surface area contributed by atoms with Crippen LogP contribution in [0.4, 0.5) is 11.6 Å². The molecule has 2 saturated heterocycles. The number of hydrogen-bond acceptors (Lipinski definition) is 7. The normalized spacial score (nSPS) is 18.7. The first-order valence-corrected chi connectivity index (χ1v) is 9.52. The number of anilines is 2. The summed E-state index contributed by atoms with van der Waals surface area (Å²) < 4.78 is 11.1. The predicted octanol–water partition coefficient (Wildman–Crippen LogP) is 1.65. The number of carbonyl (C=O) groups excluding carboxylic acids is 2. The number of amides is 2. The van der Waals surface area contributed by atoms with Crippen LogP contribution in [-0.2, 0) is 14.3 Å². The van der Waals surface area contributed by atoms with Gasteiger partial charge in [0.1, 0.15) is 11.3 Å². The average molecular weight is 427 g/mol. The molecule has 3 heterocycles. The van der Waals surface area contributed by atoms with Crippen LogP contribution in [0.1, 0.15) is 16.1 Å². The van der Waals surface area contributed by atoms with E-state index in [-0.39, 0.29) is 16.2 Å². The van der Waals surface area contributed by atoms with E-state index in [0.717, 1.165) is 4.90 Å². The van der Waals surface area contributed by atoms with E-state index >= 15 is 0 Å². The maximum Gasteiger partial charge on any atom is 0.335 e. The van der Waals surface area contributed by atoms with Crippen molar-refractivity contribution in [1.82, 2.24) is 5.32 Å². The van der Waals surface area contributed by atoms with Gasteiger partial charge in [-0.05, 0) is 48.6 Å². The molecule has 10 heteroatoms. The minimum atomic E-state index is -1.09. The van der Waals surface area contributed by atoms with Crippen molar-refractivity contribution in [3.05, 3.63) is 53.3 Å². The fraction of sp³-hybridized carbons (Fsp3) is 0.200. The topological polar surface area (TPSA) is 112 Å². The van der Waals surface area contributed by atoms with Crippen molar-refractivity contribution in [1.29, 1.82) is 0 Å². The SMILES string of the molecule is O=C1NC(=S)N(c2ccc(C(=O)O)cc2)C(=O)C1=Cc1ccc(N2CCOCC2)o1. The van der Waals surface area contributed by atoms with Crippen molar-refractivity contribution in [3.63, 3.8) is 0 Å². The van der Waals surface area contributed by atoms with Crippen LogP contribution in [0.5, 0.6) is 0 Å². The molecule has 1 aromatic carbocycles. The molecule has 2 amide bonds. The average Bonchev–Trinajstić information content (AvgIpc) is 3.21. The van der Waals surface area contributed by atoms with Crippen LogP contribution in [0.15, 0.2) is 46.4 Å². The number of ether oxygens (including phenoxy) is 1. The Balaban J connectivity index is 1.60. The van der Waals surface area contributed by atoms with Crippen molar-refractivity contribution in [3.8, 4) is 0 Å². The summed E-state index contributed by atoms with van der Waals surface area (Å²) in [6, 6.07) is 9.06. The first kappa shape index (κ1) is 19.8. The van der Waals surface area contributed by atoms with Crippen LogP contribution in [0.25, 0.3) is 6.08 Å². The van der Waals surface area contributed by atoms with Gasteiger partial charge in [0.25, 0.3) is 11.8 Å². The highest BCUT2D eigenvalue weighted by molar-refractivity contribution is 7.80. The third-order valence-electron chi connectivity index (χ3n) is 4.70. The van der Waals surface area contributed by atoms with Gasteiger partial charge in [0.05, 0.1) is 24.5 Å². The molecule has 0 radical (unpaired) electrons. The molecular formula is C20H17N3O6S. The number of carbonyl (C=O) groups is 3. The number of nitrogens with zero attached hydrogens (tertiary/aromatic N) is 2. The van der Waals surface area contributed by atoms with Gasteiger partial charge in [-0.3, -0.25) is 19.8 Å². The van der Waals surface area contributed by atoms with E-state index in [1.54, 1.807) is 12.1 Å². The molecule has 0 atom stereocenters. The standard InChI is InChI=1S/C20H17N3O6S/c24-17-15(11-14-5-6-16(29-14)22-7-9-28-10-8-22)18(25)23(20(30)21-17)13-3-1-12(2-4-13)19(26)27/h1-6,11H,7-10H2,(H,26,27)(H,21,24,30). The molecule has 154 valence electrons. The van der Waals surface area contributed by atoms with E-state index in [2.05, 4.69) is 5.32 Å². The van der Waals surface area contributed by atoms with E-state index in [1.165, 1.54) is 30.3 Å². The van der Waals surface area contributed by atoms with Crippen LogP contribution in [0.2, 0.25) is 0 Å². The summed E-state index contributed by atoms with van der Waals surface area (Å²) >= 11 is 5.14. The molecule has 0 unspecified atom stereocenters. The molecule has 0 spiro atoms. The fourth-order valence-electron chi connectivity index (χ4n) is 3.16. The lowest BCUT2D eigenvalue weighted by atomic mass is 10.1. The largest absolute Gasteiger partial charge is 0.478 e.